The van der Waals surface area contributed by atoms with Crippen LogP contribution in [0.15, 0.2) is 54.9 Å². The largest absolute Gasteiger partial charge is 0.351 e. The van der Waals surface area contributed by atoms with Crippen LogP contribution in [0.1, 0.15) is 36.5 Å². The van der Waals surface area contributed by atoms with Crippen LogP contribution in [0.25, 0.3) is 22.2 Å². The average molecular weight is 374 g/mol. The molecule has 0 spiro atoms. The lowest BCUT2D eigenvalue weighted by molar-refractivity contribution is 0.0940. The molecule has 3 aromatic rings. The summed E-state index contributed by atoms with van der Waals surface area (Å²) in [4.78, 5) is 24.4. The Bertz CT molecular complexity index is 957. The summed E-state index contributed by atoms with van der Waals surface area (Å²) in [6, 6.07) is 14.1. The van der Waals surface area contributed by atoms with Gasteiger partial charge in [0, 0.05) is 42.5 Å². The summed E-state index contributed by atoms with van der Waals surface area (Å²) in [5, 5.41) is 3.99. The number of para-hydroxylation sites is 1. The van der Waals surface area contributed by atoms with Gasteiger partial charge in [0.2, 0.25) is 0 Å². The van der Waals surface area contributed by atoms with Gasteiger partial charge in [0.15, 0.2) is 0 Å². The molecule has 1 fully saturated rings. The van der Waals surface area contributed by atoms with Crippen LogP contribution in [0.3, 0.4) is 0 Å². The summed E-state index contributed by atoms with van der Waals surface area (Å²) in [6.45, 7) is 4.95. The molecule has 1 aliphatic heterocycles. The fraction of sp³-hybridized carbons (Fsp3) is 0.348. The maximum absolute atomic E-state index is 13.0. The number of aromatic nitrogens is 2. The van der Waals surface area contributed by atoms with Crippen molar-refractivity contribution in [3.63, 3.8) is 0 Å². The number of benzene rings is 1. The van der Waals surface area contributed by atoms with Crippen LogP contribution in [0.5, 0.6) is 0 Å². The second kappa shape index (κ2) is 8.48. The molecule has 5 nitrogen and oxygen atoms in total. The first-order chi connectivity index (χ1) is 13.7. The van der Waals surface area contributed by atoms with Gasteiger partial charge in [-0.1, -0.05) is 24.6 Å². The molecule has 28 heavy (non-hydrogen) atoms. The molecule has 0 radical (unpaired) electrons. The normalized spacial score (nSPS) is 17.5. The Morgan fingerprint density at radius 2 is 2.11 bits per heavy atom. The molecule has 3 heterocycles. The summed E-state index contributed by atoms with van der Waals surface area (Å²) >= 11 is 0. The standard InChI is InChI=1S/C23H26N4O/c1-17-7-4-5-13-27(17)14-12-25-23(28)20-15-22(18-8-6-11-24-16-18)26-21-10-3-2-9-19(20)21/h2-3,6,8-11,15-17H,4-5,7,12-14H2,1H3,(H,25,28)/t17-/m0/s1. The van der Waals surface area contributed by atoms with E-state index in [1.165, 1.54) is 19.3 Å². The van der Waals surface area contributed by atoms with Crippen LogP contribution < -0.4 is 5.32 Å². The molecule has 1 N–H and O–H groups in total. The van der Waals surface area contributed by atoms with Gasteiger partial charge < -0.3 is 5.32 Å². The minimum atomic E-state index is -0.0478. The number of carbonyl (C=O) groups is 1. The van der Waals surface area contributed by atoms with Crippen molar-refractivity contribution in [3.8, 4) is 11.3 Å². The highest BCUT2D eigenvalue weighted by Crippen LogP contribution is 2.24. The van der Waals surface area contributed by atoms with Crippen molar-refractivity contribution in [1.29, 1.82) is 0 Å². The van der Waals surface area contributed by atoms with E-state index in [1.54, 1.807) is 12.4 Å². The van der Waals surface area contributed by atoms with E-state index in [2.05, 4.69) is 22.1 Å². The zero-order valence-corrected chi connectivity index (χ0v) is 16.3. The fourth-order valence-corrected chi connectivity index (χ4v) is 3.92. The number of fused-ring (bicyclic) bond motifs is 1. The molecular weight excluding hydrogens is 348 g/mol. The number of hydrogen-bond donors (Lipinski definition) is 1. The van der Waals surface area contributed by atoms with Gasteiger partial charge in [-0.25, -0.2) is 4.98 Å². The number of hydrogen-bond acceptors (Lipinski definition) is 4. The molecular formula is C23H26N4O. The van der Waals surface area contributed by atoms with Crippen molar-refractivity contribution >= 4 is 16.8 Å². The Labute approximate surface area is 165 Å². The Morgan fingerprint density at radius 1 is 1.21 bits per heavy atom. The average Bonchev–Trinajstić information content (AvgIpc) is 2.75. The van der Waals surface area contributed by atoms with Crippen molar-refractivity contribution in [2.24, 2.45) is 0 Å². The fourth-order valence-electron chi connectivity index (χ4n) is 3.92. The lowest BCUT2D eigenvalue weighted by Crippen LogP contribution is -2.42. The zero-order chi connectivity index (χ0) is 19.3. The van der Waals surface area contributed by atoms with Gasteiger partial charge in [0.25, 0.3) is 5.91 Å². The van der Waals surface area contributed by atoms with Crippen molar-refractivity contribution in [2.45, 2.75) is 32.2 Å². The molecule has 0 aliphatic carbocycles. The first-order valence-electron chi connectivity index (χ1n) is 10.0. The van der Waals surface area contributed by atoms with Crippen molar-refractivity contribution < 1.29 is 4.79 Å². The highest BCUT2D eigenvalue weighted by Gasteiger charge is 2.18. The predicted octanol–water partition coefficient (Wildman–Crippen LogP) is 3.90. The topological polar surface area (TPSA) is 58.1 Å². The third-order valence-electron chi connectivity index (χ3n) is 5.54. The summed E-state index contributed by atoms with van der Waals surface area (Å²) in [6.07, 6.45) is 7.32. The Hall–Kier alpha value is -2.79. The molecule has 2 aromatic heterocycles. The number of pyridine rings is 2. The zero-order valence-electron chi connectivity index (χ0n) is 16.3. The Kier molecular flexibility index (Phi) is 5.63. The maximum Gasteiger partial charge on any atom is 0.252 e. The third-order valence-corrected chi connectivity index (χ3v) is 5.54. The van der Waals surface area contributed by atoms with Crippen molar-refractivity contribution in [1.82, 2.24) is 20.2 Å². The molecule has 1 aliphatic rings. The van der Waals surface area contributed by atoms with Crippen LogP contribution in [0.2, 0.25) is 0 Å². The summed E-state index contributed by atoms with van der Waals surface area (Å²) in [5.74, 6) is -0.0478. The van der Waals surface area contributed by atoms with E-state index >= 15 is 0 Å². The van der Waals surface area contributed by atoms with Gasteiger partial charge in [-0.15, -0.1) is 0 Å². The first kappa shape index (κ1) is 18.6. The first-order valence-corrected chi connectivity index (χ1v) is 10.0. The number of piperidine rings is 1. The summed E-state index contributed by atoms with van der Waals surface area (Å²) in [5.41, 5.74) is 3.15. The number of nitrogens with zero attached hydrogens (tertiary/aromatic N) is 3. The predicted molar refractivity (Wildman–Crippen MR) is 112 cm³/mol. The molecule has 1 atom stereocenters. The van der Waals surface area contributed by atoms with Crippen molar-refractivity contribution in [2.75, 3.05) is 19.6 Å². The van der Waals surface area contributed by atoms with Gasteiger partial charge in [0.05, 0.1) is 16.8 Å². The quantitative estimate of drug-likeness (QED) is 0.736. The van der Waals surface area contributed by atoms with Gasteiger partial charge in [-0.2, -0.15) is 0 Å². The summed E-state index contributed by atoms with van der Waals surface area (Å²) in [7, 11) is 0. The third kappa shape index (κ3) is 4.04. The monoisotopic (exact) mass is 374 g/mol. The second-order valence-electron chi connectivity index (χ2n) is 7.45. The van der Waals surface area contributed by atoms with E-state index in [-0.39, 0.29) is 5.91 Å². The number of likely N-dealkylation sites (tertiary alicyclic amines) is 1. The maximum atomic E-state index is 13.0. The molecule has 0 bridgehead atoms. The molecule has 144 valence electrons. The van der Waals surface area contributed by atoms with Crippen LogP contribution in [-0.4, -0.2) is 46.5 Å². The Balaban J connectivity index is 1.55. The van der Waals surface area contributed by atoms with Crippen LogP contribution in [0.4, 0.5) is 0 Å². The lowest BCUT2D eigenvalue weighted by Gasteiger charge is -2.33. The SMILES string of the molecule is C[C@H]1CCCCN1CCNC(=O)c1cc(-c2cccnc2)nc2ccccc12. The highest BCUT2D eigenvalue weighted by atomic mass is 16.1. The van der Waals surface area contributed by atoms with E-state index in [9.17, 15) is 4.79 Å². The second-order valence-corrected chi connectivity index (χ2v) is 7.45. The molecule has 1 amide bonds. The summed E-state index contributed by atoms with van der Waals surface area (Å²) < 4.78 is 0. The van der Waals surface area contributed by atoms with Gasteiger partial charge in [-0.05, 0) is 50.6 Å². The molecule has 0 saturated carbocycles. The minimum Gasteiger partial charge on any atom is -0.351 e. The molecule has 0 unspecified atom stereocenters. The highest BCUT2D eigenvalue weighted by molar-refractivity contribution is 6.07. The minimum absolute atomic E-state index is 0.0478. The molecule has 5 heteroatoms. The number of amides is 1. The number of nitrogens with one attached hydrogen (secondary N) is 1. The Morgan fingerprint density at radius 3 is 2.93 bits per heavy atom. The van der Waals surface area contributed by atoms with Gasteiger partial charge in [-0.3, -0.25) is 14.7 Å². The van der Waals surface area contributed by atoms with Crippen LogP contribution in [0, 0.1) is 0 Å². The lowest BCUT2D eigenvalue weighted by atomic mass is 10.0. The van der Waals surface area contributed by atoms with Gasteiger partial charge in [0.1, 0.15) is 0 Å². The van der Waals surface area contributed by atoms with Crippen LogP contribution >= 0.6 is 0 Å². The molecule has 4 rings (SSSR count). The van der Waals surface area contributed by atoms with E-state index in [0.29, 0.717) is 18.2 Å². The van der Waals surface area contributed by atoms with Crippen molar-refractivity contribution in [3.05, 3.63) is 60.4 Å². The van der Waals surface area contributed by atoms with Gasteiger partial charge >= 0.3 is 0 Å². The number of carbonyl (C=O) groups excluding carboxylic acids is 1. The number of rotatable bonds is 5. The van der Waals surface area contributed by atoms with E-state index in [0.717, 1.165) is 35.2 Å². The smallest absolute Gasteiger partial charge is 0.252 e. The van der Waals surface area contributed by atoms with E-state index in [4.69, 9.17) is 4.98 Å². The molecule has 1 aromatic carbocycles. The van der Waals surface area contributed by atoms with E-state index < -0.39 is 0 Å². The van der Waals surface area contributed by atoms with Crippen LogP contribution in [-0.2, 0) is 0 Å². The molecule has 1 saturated heterocycles. The van der Waals surface area contributed by atoms with E-state index in [1.807, 2.05) is 42.5 Å².